The van der Waals surface area contributed by atoms with Crippen molar-refractivity contribution in [3.8, 4) is 0 Å². The van der Waals surface area contributed by atoms with Crippen LogP contribution in [0.25, 0.3) is 0 Å². The van der Waals surface area contributed by atoms with Gasteiger partial charge < -0.3 is 5.11 Å². The van der Waals surface area contributed by atoms with E-state index in [9.17, 15) is 5.11 Å². The van der Waals surface area contributed by atoms with Gasteiger partial charge in [0.1, 0.15) is 0 Å². The molecule has 0 aliphatic carbocycles. The minimum absolute atomic E-state index is 0.265. The van der Waals surface area contributed by atoms with Crippen molar-refractivity contribution in [1.82, 2.24) is 9.80 Å². The molecule has 3 heteroatoms. The van der Waals surface area contributed by atoms with E-state index in [1.807, 2.05) is 0 Å². The van der Waals surface area contributed by atoms with E-state index in [1.54, 1.807) is 0 Å². The van der Waals surface area contributed by atoms with Crippen LogP contribution in [0.5, 0.6) is 0 Å². The van der Waals surface area contributed by atoms with Crippen LogP contribution in [-0.4, -0.2) is 53.9 Å². The van der Waals surface area contributed by atoms with E-state index in [1.165, 1.54) is 89.9 Å². The minimum Gasteiger partial charge on any atom is -0.395 e. The van der Waals surface area contributed by atoms with Crippen LogP contribution < -0.4 is 0 Å². The zero-order valence-electron chi connectivity index (χ0n) is 18.5. The third-order valence-electron chi connectivity index (χ3n) is 6.00. The maximum absolute atomic E-state index is 9.22. The topological polar surface area (TPSA) is 26.7 Å². The summed E-state index contributed by atoms with van der Waals surface area (Å²) >= 11 is 0. The van der Waals surface area contributed by atoms with Crippen LogP contribution in [0, 0.1) is 0 Å². The molecule has 0 aromatic heterocycles. The molecule has 0 radical (unpaired) electrons. The molecular formula is C24H48N2O. The van der Waals surface area contributed by atoms with Gasteiger partial charge in [-0.05, 0) is 19.4 Å². The van der Waals surface area contributed by atoms with Crippen molar-refractivity contribution in [2.24, 2.45) is 0 Å². The summed E-state index contributed by atoms with van der Waals surface area (Å²) in [6, 6.07) is 0. The lowest BCUT2D eigenvalue weighted by Gasteiger charge is -2.26. The summed E-state index contributed by atoms with van der Waals surface area (Å²) in [7, 11) is 0. The Balaban J connectivity index is 1.92. The van der Waals surface area contributed by atoms with E-state index in [-0.39, 0.29) is 6.61 Å². The number of rotatable bonds is 18. The molecule has 1 fully saturated rings. The third kappa shape index (κ3) is 11.9. The van der Waals surface area contributed by atoms with E-state index in [4.69, 9.17) is 0 Å². The monoisotopic (exact) mass is 380 g/mol. The summed E-state index contributed by atoms with van der Waals surface area (Å²) in [5, 5.41) is 9.22. The number of likely N-dealkylation sites (N-methyl/N-ethyl adjacent to an activating group) is 1. The number of allylic oxidation sites excluding steroid dienone is 1. The predicted octanol–water partition coefficient (Wildman–Crippen LogP) is 5.98. The summed E-state index contributed by atoms with van der Waals surface area (Å²) < 4.78 is 0. The lowest BCUT2D eigenvalue weighted by atomic mass is 10.0. The highest BCUT2D eigenvalue weighted by molar-refractivity contribution is 4.97. The summed E-state index contributed by atoms with van der Waals surface area (Å²) in [5.74, 6) is 0. The molecule has 160 valence electrons. The Morgan fingerprint density at radius 1 is 0.741 bits per heavy atom. The fourth-order valence-corrected chi connectivity index (χ4v) is 4.21. The molecule has 0 amide bonds. The van der Waals surface area contributed by atoms with Crippen LogP contribution in [0.15, 0.2) is 12.2 Å². The Morgan fingerprint density at radius 3 is 1.78 bits per heavy atom. The summed E-state index contributed by atoms with van der Waals surface area (Å²) in [6.45, 7) is 8.89. The first kappa shape index (κ1) is 24.7. The highest BCUT2D eigenvalue weighted by Gasteiger charge is 2.27. The predicted molar refractivity (Wildman–Crippen MR) is 119 cm³/mol. The second-order valence-corrected chi connectivity index (χ2v) is 8.26. The molecule has 0 bridgehead atoms. The fraction of sp³-hybridized carbons (Fsp3) is 0.917. The molecule has 1 aliphatic rings. The van der Waals surface area contributed by atoms with E-state index in [0.717, 1.165) is 26.2 Å². The maximum Gasteiger partial charge on any atom is 0.0816 e. The maximum atomic E-state index is 9.22. The number of nitrogens with zero attached hydrogens (tertiary/aromatic N) is 2. The number of unbranched alkanes of at least 4 members (excludes halogenated alkanes) is 13. The molecule has 1 aliphatic heterocycles. The summed E-state index contributed by atoms with van der Waals surface area (Å²) in [6.07, 6.45) is 24.8. The first-order chi connectivity index (χ1) is 13.3. The molecule has 1 N–H and O–H groups in total. The van der Waals surface area contributed by atoms with Crippen molar-refractivity contribution < 1.29 is 5.11 Å². The Bertz CT molecular complexity index is 345. The number of aliphatic hydroxyl groups excluding tert-OH is 1. The Labute approximate surface area is 170 Å². The number of hydrogen-bond acceptors (Lipinski definition) is 3. The van der Waals surface area contributed by atoms with Crippen LogP contribution in [0.2, 0.25) is 0 Å². The molecule has 1 atom stereocenters. The van der Waals surface area contributed by atoms with E-state index >= 15 is 0 Å². The molecule has 0 saturated carbocycles. The molecule has 1 heterocycles. The van der Waals surface area contributed by atoms with E-state index in [0.29, 0.717) is 6.17 Å². The van der Waals surface area contributed by atoms with Gasteiger partial charge >= 0.3 is 0 Å². The van der Waals surface area contributed by atoms with Crippen LogP contribution in [0.1, 0.15) is 104 Å². The lowest BCUT2D eigenvalue weighted by molar-refractivity contribution is 0.151. The van der Waals surface area contributed by atoms with E-state index < -0.39 is 0 Å². The van der Waals surface area contributed by atoms with Crippen molar-refractivity contribution in [2.45, 2.75) is 110 Å². The van der Waals surface area contributed by atoms with Gasteiger partial charge in [0.25, 0.3) is 0 Å². The smallest absolute Gasteiger partial charge is 0.0816 e. The number of β-amino-alcohol motifs (C(OH)–C–C–N with tert-alkyl or cyclic N) is 1. The van der Waals surface area contributed by atoms with Crippen molar-refractivity contribution >= 4 is 0 Å². The summed E-state index contributed by atoms with van der Waals surface area (Å²) in [5.41, 5.74) is 0. The average molecular weight is 381 g/mol. The average Bonchev–Trinajstić information content (AvgIpc) is 3.07. The largest absolute Gasteiger partial charge is 0.395 e. The van der Waals surface area contributed by atoms with Gasteiger partial charge in [-0.3, -0.25) is 9.80 Å². The quantitative estimate of drug-likeness (QED) is 0.234. The second-order valence-electron chi connectivity index (χ2n) is 8.26. The van der Waals surface area contributed by atoms with Gasteiger partial charge in [0.2, 0.25) is 0 Å². The molecule has 27 heavy (non-hydrogen) atoms. The van der Waals surface area contributed by atoms with E-state index in [2.05, 4.69) is 35.8 Å². The highest BCUT2D eigenvalue weighted by atomic mass is 16.3. The standard InChI is InChI=1S/C24H48N2O/c1-3-5-6-7-8-9-10-11-12-13-14-15-16-17-18-19-24-25(4-2)20-21-26(24)22-23-27/h18-19,24,27H,3-17,20-23H2,1-2H3/b19-18+. The lowest BCUT2D eigenvalue weighted by Crippen LogP contribution is -2.38. The Morgan fingerprint density at radius 2 is 1.26 bits per heavy atom. The fourth-order valence-electron chi connectivity index (χ4n) is 4.21. The highest BCUT2D eigenvalue weighted by Crippen LogP contribution is 2.16. The van der Waals surface area contributed by atoms with Crippen LogP contribution >= 0.6 is 0 Å². The minimum atomic E-state index is 0.265. The molecule has 0 aromatic carbocycles. The van der Waals surface area contributed by atoms with Gasteiger partial charge in [0.15, 0.2) is 0 Å². The Hall–Kier alpha value is -0.380. The molecule has 3 nitrogen and oxygen atoms in total. The van der Waals surface area contributed by atoms with Crippen molar-refractivity contribution in [3.63, 3.8) is 0 Å². The Kier molecular flexibility index (Phi) is 16.2. The SMILES string of the molecule is CCCCCCCCCCCCCCC/C=C/C1N(CC)CCN1CCO. The van der Waals surface area contributed by atoms with Crippen LogP contribution in [0.3, 0.4) is 0 Å². The second kappa shape index (κ2) is 17.7. The molecule has 1 saturated heterocycles. The zero-order chi connectivity index (χ0) is 19.6. The van der Waals surface area contributed by atoms with Gasteiger partial charge in [-0.25, -0.2) is 0 Å². The van der Waals surface area contributed by atoms with Gasteiger partial charge in [-0.1, -0.05) is 103 Å². The molecular weight excluding hydrogens is 332 g/mol. The molecule has 1 rings (SSSR count). The summed E-state index contributed by atoms with van der Waals surface area (Å²) in [4.78, 5) is 4.89. The van der Waals surface area contributed by atoms with Gasteiger partial charge in [-0.15, -0.1) is 0 Å². The van der Waals surface area contributed by atoms with Crippen LogP contribution in [-0.2, 0) is 0 Å². The van der Waals surface area contributed by atoms with Crippen molar-refractivity contribution in [1.29, 1.82) is 0 Å². The first-order valence-electron chi connectivity index (χ1n) is 12.1. The van der Waals surface area contributed by atoms with Crippen molar-refractivity contribution in [2.75, 3.05) is 32.8 Å². The number of hydrogen-bond donors (Lipinski definition) is 1. The zero-order valence-corrected chi connectivity index (χ0v) is 18.5. The third-order valence-corrected chi connectivity index (χ3v) is 6.00. The first-order valence-corrected chi connectivity index (χ1v) is 12.1. The van der Waals surface area contributed by atoms with Crippen molar-refractivity contribution in [3.05, 3.63) is 12.2 Å². The molecule has 0 aromatic rings. The molecule has 1 unspecified atom stereocenters. The van der Waals surface area contributed by atoms with Gasteiger partial charge in [0.05, 0.1) is 12.8 Å². The van der Waals surface area contributed by atoms with Crippen LogP contribution in [0.4, 0.5) is 0 Å². The molecule has 0 spiro atoms. The number of aliphatic hydroxyl groups is 1. The van der Waals surface area contributed by atoms with Gasteiger partial charge in [0, 0.05) is 19.6 Å². The van der Waals surface area contributed by atoms with Gasteiger partial charge in [-0.2, -0.15) is 0 Å². The normalized spacial score (nSPS) is 18.9.